The smallest absolute Gasteiger partial charge is 0.0775 e. The molecule has 0 saturated heterocycles. The third-order valence-electron chi connectivity index (χ3n) is 11.5. The van der Waals surface area contributed by atoms with Crippen molar-refractivity contribution in [3.05, 3.63) is 187 Å². The van der Waals surface area contributed by atoms with Gasteiger partial charge >= 0.3 is 0 Å². The summed E-state index contributed by atoms with van der Waals surface area (Å²) in [5.41, 5.74) is 13.4. The fourth-order valence-electron chi connectivity index (χ4n) is 8.62. The van der Waals surface area contributed by atoms with Crippen LogP contribution in [-0.2, 0) is 5.41 Å². The second-order valence-corrected chi connectivity index (χ2v) is 21.4. The van der Waals surface area contributed by atoms with Gasteiger partial charge in [0.25, 0.3) is 0 Å². The van der Waals surface area contributed by atoms with Crippen LogP contribution in [0.5, 0.6) is 0 Å². The monoisotopic (exact) mass is 714 g/mol. The van der Waals surface area contributed by atoms with Crippen molar-refractivity contribution in [2.45, 2.75) is 45.8 Å². The van der Waals surface area contributed by atoms with Crippen molar-refractivity contribution in [3.8, 4) is 11.1 Å². The molecule has 8 aromatic rings. The van der Waals surface area contributed by atoms with E-state index in [2.05, 4.69) is 220 Å². The highest BCUT2D eigenvalue weighted by molar-refractivity contribution is 6.88. The molecule has 0 unspecified atom stereocenters. The molecule has 0 atom stereocenters. The van der Waals surface area contributed by atoms with Gasteiger partial charge < -0.3 is 9.80 Å². The number of nitrogens with zero attached hydrogens (tertiary/aromatic N) is 2. The molecule has 0 radical (unpaired) electrons. The molecule has 8 aromatic carbocycles. The summed E-state index contributed by atoms with van der Waals surface area (Å²) < 4.78 is 0. The van der Waals surface area contributed by atoms with Crippen LogP contribution in [0.4, 0.5) is 34.1 Å². The van der Waals surface area contributed by atoms with Crippen molar-refractivity contribution in [2.75, 3.05) is 9.80 Å². The molecule has 2 nitrogen and oxygen atoms in total. The Morgan fingerprint density at radius 3 is 1.78 bits per heavy atom. The predicted molar refractivity (Wildman–Crippen MR) is 236 cm³/mol. The Balaban J connectivity index is 1.25. The highest BCUT2D eigenvalue weighted by atomic mass is 28.3. The van der Waals surface area contributed by atoms with Gasteiger partial charge in [-0.25, -0.2) is 0 Å². The zero-order chi connectivity index (χ0) is 37.2. The summed E-state index contributed by atoms with van der Waals surface area (Å²) in [5, 5.41) is 6.47. The maximum atomic E-state index is 2.49. The first-order valence-electron chi connectivity index (χ1n) is 19.1. The fraction of sp³-hybridized carbons (Fsp3) is 0.137. The van der Waals surface area contributed by atoms with Crippen molar-refractivity contribution >= 4 is 68.9 Å². The Morgan fingerprint density at radius 1 is 0.444 bits per heavy atom. The molecule has 0 heterocycles. The Kier molecular flexibility index (Phi) is 8.10. The molecule has 0 aromatic heterocycles. The molecule has 0 aliphatic heterocycles. The number of fused-ring (bicyclic) bond motifs is 6. The minimum Gasteiger partial charge on any atom is -0.310 e. The normalized spacial score (nSPS) is 13.1. The topological polar surface area (TPSA) is 6.48 Å². The molecule has 3 heteroatoms. The Hall–Kier alpha value is -5.90. The predicted octanol–water partition coefficient (Wildman–Crippen LogP) is 14.1. The molecule has 0 saturated carbocycles. The largest absolute Gasteiger partial charge is 0.310 e. The number of anilines is 6. The molecule has 0 bridgehead atoms. The standard InChI is InChI=1S/C51H46N2Si/c1-35-17-10-15-25-47(35)53(48-26-16-19-36-18-11-12-22-41(36)48)39-29-32-44-45(33-39)51(2,3)46-34-49(42-23-13-14-24-43(42)50(44)46)52(37-20-8-7-9-21-37)38-27-30-40(31-28-38)54(4,5)6/h7-34H,1-6H3. The van der Waals surface area contributed by atoms with Crippen LogP contribution in [0.3, 0.4) is 0 Å². The number of hydrogen-bond acceptors (Lipinski definition) is 2. The number of benzene rings is 8. The summed E-state index contributed by atoms with van der Waals surface area (Å²) in [4.78, 5) is 4.92. The first-order chi connectivity index (χ1) is 26.1. The van der Waals surface area contributed by atoms with Crippen LogP contribution < -0.4 is 15.0 Å². The van der Waals surface area contributed by atoms with Gasteiger partial charge in [0.1, 0.15) is 0 Å². The molecule has 1 aliphatic carbocycles. The summed E-state index contributed by atoms with van der Waals surface area (Å²) in [6.45, 7) is 14.3. The molecule has 0 N–H and O–H groups in total. The molecule has 0 spiro atoms. The van der Waals surface area contributed by atoms with Gasteiger partial charge in [-0.2, -0.15) is 0 Å². The molecule has 264 valence electrons. The van der Waals surface area contributed by atoms with E-state index in [1.54, 1.807) is 0 Å². The zero-order valence-corrected chi connectivity index (χ0v) is 33.1. The van der Waals surface area contributed by atoms with Crippen LogP contribution >= 0.6 is 0 Å². The van der Waals surface area contributed by atoms with E-state index in [0.29, 0.717) is 0 Å². The van der Waals surface area contributed by atoms with Crippen molar-refractivity contribution < 1.29 is 0 Å². The van der Waals surface area contributed by atoms with E-state index < -0.39 is 8.07 Å². The summed E-state index contributed by atoms with van der Waals surface area (Å²) in [7, 11) is -1.46. The average molecular weight is 715 g/mol. The van der Waals surface area contributed by atoms with Gasteiger partial charge in [-0.3, -0.25) is 0 Å². The Bertz CT molecular complexity index is 2680. The van der Waals surface area contributed by atoms with Gasteiger partial charge in [-0.1, -0.05) is 154 Å². The van der Waals surface area contributed by atoms with Gasteiger partial charge in [0.05, 0.1) is 19.4 Å². The maximum absolute atomic E-state index is 2.49. The third-order valence-corrected chi connectivity index (χ3v) is 13.6. The molecule has 0 amide bonds. The van der Waals surface area contributed by atoms with E-state index >= 15 is 0 Å². The van der Waals surface area contributed by atoms with E-state index in [0.717, 1.165) is 5.69 Å². The molecule has 9 rings (SSSR count). The Morgan fingerprint density at radius 2 is 1.04 bits per heavy atom. The first kappa shape index (κ1) is 33.9. The van der Waals surface area contributed by atoms with Crippen LogP contribution in [0.25, 0.3) is 32.7 Å². The zero-order valence-electron chi connectivity index (χ0n) is 32.1. The summed E-state index contributed by atoms with van der Waals surface area (Å²) >= 11 is 0. The minimum atomic E-state index is -1.46. The van der Waals surface area contributed by atoms with E-state index in [9.17, 15) is 0 Å². The van der Waals surface area contributed by atoms with Crippen molar-refractivity contribution in [3.63, 3.8) is 0 Å². The highest BCUT2D eigenvalue weighted by Crippen LogP contribution is 2.56. The van der Waals surface area contributed by atoms with Crippen molar-refractivity contribution in [1.82, 2.24) is 0 Å². The SMILES string of the molecule is Cc1ccccc1N(c1ccc2c(c1)C(C)(C)c1cc(N(c3ccccc3)c3ccc([Si](C)(C)C)cc3)c3ccccc3c1-2)c1cccc2ccccc12. The average Bonchev–Trinajstić information content (AvgIpc) is 3.41. The lowest BCUT2D eigenvalue weighted by atomic mass is 9.81. The molecule has 54 heavy (non-hydrogen) atoms. The van der Waals surface area contributed by atoms with Crippen LogP contribution in [0.2, 0.25) is 19.6 Å². The molecular formula is C51H46N2Si. The van der Waals surface area contributed by atoms with Crippen molar-refractivity contribution in [2.24, 2.45) is 0 Å². The summed E-state index contributed by atoms with van der Waals surface area (Å²) in [5.74, 6) is 0. The van der Waals surface area contributed by atoms with Crippen LogP contribution in [0, 0.1) is 6.92 Å². The number of aryl methyl sites for hydroxylation is 1. The molecular weight excluding hydrogens is 669 g/mol. The van der Waals surface area contributed by atoms with Crippen molar-refractivity contribution in [1.29, 1.82) is 0 Å². The minimum absolute atomic E-state index is 0.250. The second-order valence-electron chi connectivity index (χ2n) is 16.3. The molecule has 1 aliphatic rings. The van der Waals surface area contributed by atoms with Gasteiger partial charge in [0.2, 0.25) is 0 Å². The van der Waals surface area contributed by atoms with Crippen LogP contribution in [0.15, 0.2) is 170 Å². The van der Waals surface area contributed by atoms with Crippen LogP contribution in [-0.4, -0.2) is 8.07 Å². The van der Waals surface area contributed by atoms with Gasteiger partial charge in [-0.05, 0) is 100 Å². The lowest BCUT2D eigenvalue weighted by Gasteiger charge is -2.31. The van der Waals surface area contributed by atoms with E-state index in [1.807, 2.05) is 0 Å². The summed E-state index contributed by atoms with van der Waals surface area (Å²) in [6.07, 6.45) is 0. The third kappa shape index (κ3) is 5.54. The van der Waals surface area contributed by atoms with E-state index in [4.69, 9.17) is 0 Å². The fourth-order valence-corrected chi connectivity index (χ4v) is 9.78. The first-order valence-corrected chi connectivity index (χ1v) is 22.6. The van der Waals surface area contributed by atoms with E-state index in [-0.39, 0.29) is 5.41 Å². The van der Waals surface area contributed by atoms with Gasteiger partial charge in [0, 0.05) is 38.9 Å². The van der Waals surface area contributed by atoms with Crippen LogP contribution in [0.1, 0.15) is 30.5 Å². The lowest BCUT2D eigenvalue weighted by Crippen LogP contribution is -2.37. The quantitative estimate of drug-likeness (QED) is 0.152. The van der Waals surface area contributed by atoms with Gasteiger partial charge in [-0.15, -0.1) is 0 Å². The van der Waals surface area contributed by atoms with E-state index in [1.165, 1.54) is 83.0 Å². The maximum Gasteiger partial charge on any atom is 0.0775 e. The Labute approximate surface area is 321 Å². The second kappa shape index (κ2) is 12.9. The lowest BCUT2D eigenvalue weighted by molar-refractivity contribution is 0.661. The number of para-hydroxylation sites is 2. The van der Waals surface area contributed by atoms with Gasteiger partial charge in [0.15, 0.2) is 0 Å². The number of rotatable bonds is 7. The summed E-state index contributed by atoms with van der Waals surface area (Å²) in [6, 6.07) is 63.0. The highest BCUT2D eigenvalue weighted by Gasteiger charge is 2.38. The number of hydrogen-bond donors (Lipinski definition) is 0. The molecule has 0 fully saturated rings.